The van der Waals surface area contributed by atoms with Crippen LogP contribution in [0.15, 0.2) is 12.1 Å². The van der Waals surface area contributed by atoms with Crippen LogP contribution in [0, 0.1) is 11.6 Å². The van der Waals surface area contributed by atoms with Gasteiger partial charge >= 0.3 is 5.97 Å². The predicted octanol–water partition coefficient (Wildman–Crippen LogP) is 1.95. The summed E-state index contributed by atoms with van der Waals surface area (Å²) in [7, 11) is 0. The van der Waals surface area contributed by atoms with Crippen molar-refractivity contribution in [1.29, 1.82) is 0 Å². The Kier molecular flexibility index (Phi) is 2.30. The Morgan fingerprint density at radius 2 is 2.20 bits per heavy atom. The van der Waals surface area contributed by atoms with Crippen LogP contribution in [0.4, 0.5) is 14.5 Å². The van der Waals surface area contributed by atoms with Crippen molar-refractivity contribution in [3.63, 3.8) is 0 Å². The van der Waals surface area contributed by atoms with Crippen LogP contribution in [0.25, 0.3) is 0 Å². The average molecular weight is 213 g/mol. The smallest absolute Gasteiger partial charge is 0.311 e. The molecule has 0 aromatic heterocycles. The molecule has 5 heteroatoms. The van der Waals surface area contributed by atoms with E-state index in [1.807, 2.05) is 0 Å². The molecule has 0 amide bonds. The molecule has 2 rings (SSSR count). The highest BCUT2D eigenvalue weighted by Gasteiger charge is 2.28. The van der Waals surface area contributed by atoms with E-state index in [0.717, 1.165) is 6.07 Å². The van der Waals surface area contributed by atoms with E-state index in [2.05, 4.69) is 5.32 Å². The topological polar surface area (TPSA) is 49.3 Å². The van der Waals surface area contributed by atoms with Crippen molar-refractivity contribution in [2.24, 2.45) is 0 Å². The number of nitrogens with one attached hydrogen (secondary N) is 1. The van der Waals surface area contributed by atoms with Crippen molar-refractivity contribution >= 4 is 11.7 Å². The summed E-state index contributed by atoms with van der Waals surface area (Å²) < 4.78 is 26.2. The summed E-state index contributed by atoms with van der Waals surface area (Å²) in [5, 5.41) is 11.6. The zero-order valence-electron chi connectivity index (χ0n) is 7.76. The van der Waals surface area contributed by atoms with Gasteiger partial charge in [-0.2, -0.15) is 0 Å². The standard InChI is InChI=1S/C10H9F2NO2/c11-7-2-1-5-6(10(14)15)3-4-13-9(5)8(7)12/h1-2,6,13H,3-4H2,(H,14,15). The Balaban J connectivity index is 2.54. The number of carboxylic acid groups (broad SMARTS) is 1. The first-order valence-corrected chi connectivity index (χ1v) is 4.56. The summed E-state index contributed by atoms with van der Waals surface area (Å²) in [5.74, 6) is -3.73. The third-order valence-electron chi connectivity index (χ3n) is 2.54. The van der Waals surface area contributed by atoms with Crippen LogP contribution in [0.3, 0.4) is 0 Å². The van der Waals surface area contributed by atoms with Crippen molar-refractivity contribution < 1.29 is 18.7 Å². The van der Waals surface area contributed by atoms with Crippen molar-refractivity contribution in [3.05, 3.63) is 29.3 Å². The van der Waals surface area contributed by atoms with Crippen molar-refractivity contribution in [2.45, 2.75) is 12.3 Å². The minimum absolute atomic E-state index is 0.0198. The summed E-state index contributed by atoms with van der Waals surface area (Å²) in [4.78, 5) is 10.9. The van der Waals surface area contributed by atoms with Crippen LogP contribution >= 0.6 is 0 Å². The highest BCUT2D eigenvalue weighted by molar-refractivity contribution is 5.80. The van der Waals surface area contributed by atoms with E-state index >= 15 is 0 Å². The molecule has 0 bridgehead atoms. The van der Waals surface area contributed by atoms with E-state index in [1.165, 1.54) is 6.07 Å². The summed E-state index contributed by atoms with van der Waals surface area (Å²) in [5.41, 5.74) is 0.293. The molecule has 0 saturated heterocycles. The zero-order valence-corrected chi connectivity index (χ0v) is 7.76. The number of hydrogen-bond acceptors (Lipinski definition) is 2. The molecule has 1 aliphatic rings. The molecule has 0 aliphatic carbocycles. The molecule has 1 atom stereocenters. The third kappa shape index (κ3) is 1.54. The first-order chi connectivity index (χ1) is 7.11. The number of halogens is 2. The molecule has 0 fully saturated rings. The summed E-state index contributed by atoms with van der Waals surface area (Å²) >= 11 is 0. The normalized spacial score (nSPS) is 19.2. The first-order valence-electron chi connectivity index (χ1n) is 4.56. The molecule has 0 radical (unpaired) electrons. The Morgan fingerprint density at radius 1 is 1.47 bits per heavy atom. The third-order valence-corrected chi connectivity index (χ3v) is 2.54. The maximum absolute atomic E-state index is 13.3. The second-order valence-corrected chi connectivity index (χ2v) is 3.43. The van der Waals surface area contributed by atoms with Gasteiger partial charge in [-0.25, -0.2) is 8.78 Å². The minimum atomic E-state index is -1.01. The fourth-order valence-corrected chi connectivity index (χ4v) is 1.79. The van der Waals surface area contributed by atoms with Crippen molar-refractivity contribution in [3.8, 4) is 0 Å². The zero-order chi connectivity index (χ0) is 11.0. The molecule has 3 nitrogen and oxygen atoms in total. The number of fused-ring (bicyclic) bond motifs is 1. The fourth-order valence-electron chi connectivity index (χ4n) is 1.79. The van der Waals surface area contributed by atoms with Crippen molar-refractivity contribution in [2.75, 3.05) is 11.9 Å². The van der Waals surface area contributed by atoms with Crippen LogP contribution in [0.1, 0.15) is 17.9 Å². The van der Waals surface area contributed by atoms with E-state index in [4.69, 9.17) is 5.11 Å². The molecule has 0 saturated carbocycles. The lowest BCUT2D eigenvalue weighted by atomic mass is 9.91. The molecule has 1 aliphatic heterocycles. The number of hydrogen-bond donors (Lipinski definition) is 2. The minimum Gasteiger partial charge on any atom is -0.481 e. The Hall–Kier alpha value is -1.65. The molecule has 1 aromatic rings. The quantitative estimate of drug-likeness (QED) is 0.749. The summed E-state index contributed by atoms with van der Waals surface area (Å²) in [6, 6.07) is 2.27. The molecule has 15 heavy (non-hydrogen) atoms. The molecule has 0 spiro atoms. The van der Waals surface area contributed by atoms with E-state index in [0.29, 0.717) is 18.5 Å². The highest BCUT2D eigenvalue weighted by atomic mass is 19.2. The van der Waals surface area contributed by atoms with Gasteiger partial charge in [0.05, 0.1) is 11.6 Å². The van der Waals surface area contributed by atoms with Crippen LogP contribution < -0.4 is 5.32 Å². The van der Waals surface area contributed by atoms with Gasteiger partial charge in [-0.1, -0.05) is 6.07 Å². The largest absolute Gasteiger partial charge is 0.481 e. The van der Waals surface area contributed by atoms with E-state index < -0.39 is 23.5 Å². The Labute approximate surface area is 84.7 Å². The van der Waals surface area contributed by atoms with Gasteiger partial charge in [-0.15, -0.1) is 0 Å². The molecular formula is C10H9F2NO2. The highest BCUT2D eigenvalue weighted by Crippen LogP contribution is 2.34. The number of aliphatic carboxylic acids is 1. The summed E-state index contributed by atoms with van der Waals surface area (Å²) in [6.07, 6.45) is 0.382. The van der Waals surface area contributed by atoms with Gasteiger partial charge in [0.1, 0.15) is 0 Å². The van der Waals surface area contributed by atoms with Crippen LogP contribution in [-0.2, 0) is 4.79 Å². The van der Waals surface area contributed by atoms with Gasteiger partial charge in [0, 0.05) is 6.54 Å². The molecule has 80 valence electrons. The number of carbonyl (C=O) groups is 1. The Bertz CT molecular complexity index is 420. The van der Waals surface area contributed by atoms with Crippen molar-refractivity contribution in [1.82, 2.24) is 0 Å². The molecular weight excluding hydrogens is 204 g/mol. The van der Waals surface area contributed by atoms with Gasteiger partial charge in [-0.05, 0) is 18.1 Å². The first kappa shape index (κ1) is 9.89. The second kappa shape index (κ2) is 3.49. The van der Waals surface area contributed by atoms with Crippen LogP contribution in [-0.4, -0.2) is 17.6 Å². The Morgan fingerprint density at radius 3 is 2.87 bits per heavy atom. The van der Waals surface area contributed by atoms with Gasteiger partial charge in [0.25, 0.3) is 0 Å². The number of carboxylic acids is 1. The number of rotatable bonds is 1. The average Bonchev–Trinajstić information content (AvgIpc) is 2.23. The molecule has 1 aromatic carbocycles. The maximum Gasteiger partial charge on any atom is 0.311 e. The number of benzene rings is 1. The van der Waals surface area contributed by atoms with E-state index in [1.54, 1.807) is 0 Å². The van der Waals surface area contributed by atoms with Gasteiger partial charge < -0.3 is 10.4 Å². The van der Waals surface area contributed by atoms with E-state index in [-0.39, 0.29) is 5.69 Å². The van der Waals surface area contributed by atoms with Gasteiger partial charge in [0.2, 0.25) is 0 Å². The predicted molar refractivity (Wildman–Crippen MR) is 49.8 cm³/mol. The molecule has 2 N–H and O–H groups in total. The fraction of sp³-hybridized carbons (Fsp3) is 0.300. The molecule has 1 unspecified atom stereocenters. The summed E-state index contributed by atoms with van der Waals surface area (Å²) in [6.45, 7) is 0.338. The SMILES string of the molecule is O=C(O)C1CCNc2c1ccc(F)c2F. The molecule has 1 heterocycles. The maximum atomic E-state index is 13.3. The second-order valence-electron chi connectivity index (χ2n) is 3.43. The van der Waals surface area contributed by atoms with Crippen LogP contribution in [0.2, 0.25) is 0 Å². The van der Waals surface area contributed by atoms with Gasteiger partial charge in [-0.3, -0.25) is 4.79 Å². The van der Waals surface area contributed by atoms with E-state index in [9.17, 15) is 13.6 Å². The number of anilines is 1. The lowest BCUT2D eigenvalue weighted by Crippen LogP contribution is -2.23. The monoisotopic (exact) mass is 213 g/mol. The lowest BCUT2D eigenvalue weighted by molar-refractivity contribution is -0.138. The lowest BCUT2D eigenvalue weighted by Gasteiger charge is -2.24. The van der Waals surface area contributed by atoms with Gasteiger partial charge in [0.15, 0.2) is 11.6 Å². The van der Waals surface area contributed by atoms with Crippen LogP contribution in [0.5, 0.6) is 0 Å².